The molecule has 0 aromatic rings. The Hall–Kier alpha value is -0.460. The average molecular weight is 126 g/mol. The van der Waals surface area contributed by atoms with E-state index in [0.29, 0.717) is 5.92 Å². The number of rotatable bonds is 0. The highest BCUT2D eigenvalue weighted by Crippen LogP contribution is 2.27. The van der Waals surface area contributed by atoms with Crippen molar-refractivity contribution in [1.82, 2.24) is 0 Å². The van der Waals surface area contributed by atoms with Crippen LogP contribution in [0.1, 0.15) is 27.2 Å². The SMILES string of the molecule is CC1CC=COC1(C)C. The van der Waals surface area contributed by atoms with Gasteiger partial charge in [0.05, 0.1) is 6.26 Å². The molecule has 0 saturated heterocycles. The van der Waals surface area contributed by atoms with Gasteiger partial charge < -0.3 is 4.74 Å². The fourth-order valence-electron chi connectivity index (χ4n) is 0.883. The van der Waals surface area contributed by atoms with E-state index in [1.54, 1.807) is 6.26 Å². The Morgan fingerprint density at radius 2 is 2.22 bits per heavy atom. The summed E-state index contributed by atoms with van der Waals surface area (Å²) in [5, 5.41) is 0. The van der Waals surface area contributed by atoms with Gasteiger partial charge in [0.2, 0.25) is 0 Å². The molecule has 1 aliphatic rings. The molecular formula is C8H14O. The van der Waals surface area contributed by atoms with Gasteiger partial charge in [0.1, 0.15) is 5.60 Å². The van der Waals surface area contributed by atoms with Crippen molar-refractivity contribution < 1.29 is 4.74 Å². The molecule has 0 fully saturated rings. The van der Waals surface area contributed by atoms with Crippen molar-refractivity contribution in [2.45, 2.75) is 32.8 Å². The maximum absolute atomic E-state index is 5.40. The summed E-state index contributed by atoms with van der Waals surface area (Å²) in [7, 11) is 0. The summed E-state index contributed by atoms with van der Waals surface area (Å²) in [5.41, 5.74) is 0.0503. The van der Waals surface area contributed by atoms with E-state index in [1.807, 2.05) is 0 Å². The molecule has 0 aromatic heterocycles. The normalized spacial score (nSPS) is 31.7. The first-order chi connectivity index (χ1) is 4.13. The molecular weight excluding hydrogens is 112 g/mol. The maximum atomic E-state index is 5.40. The van der Waals surface area contributed by atoms with Crippen molar-refractivity contribution in [3.8, 4) is 0 Å². The van der Waals surface area contributed by atoms with Crippen LogP contribution in [0.4, 0.5) is 0 Å². The second-order valence-corrected chi connectivity index (χ2v) is 3.23. The summed E-state index contributed by atoms with van der Waals surface area (Å²) < 4.78 is 5.40. The maximum Gasteiger partial charge on any atom is 0.105 e. The molecule has 1 aliphatic heterocycles. The van der Waals surface area contributed by atoms with E-state index in [-0.39, 0.29) is 5.60 Å². The quantitative estimate of drug-likeness (QED) is 0.484. The lowest BCUT2D eigenvalue weighted by molar-refractivity contribution is -0.00319. The van der Waals surface area contributed by atoms with E-state index in [4.69, 9.17) is 4.74 Å². The zero-order valence-electron chi connectivity index (χ0n) is 6.35. The van der Waals surface area contributed by atoms with E-state index < -0.39 is 0 Å². The first-order valence-electron chi connectivity index (χ1n) is 3.46. The zero-order chi connectivity index (χ0) is 6.91. The monoisotopic (exact) mass is 126 g/mol. The molecule has 1 heteroatoms. The largest absolute Gasteiger partial charge is 0.496 e. The van der Waals surface area contributed by atoms with E-state index in [2.05, 4.69) is 26.8 Å². The van der Waals surface area contributed by atoms with Crippen LogP contribution in [0.15, 0.2) is 12.3 Å². The third-order valence-electron chi connectivity index (χ3n) is 2.14. The number of hydrogen-bond donors (Lipinski definition) is 0. The van der Waals surface area contributed by atoms with Crippen LogP contribution in [-0.4, -0.2) is 5.60 Å². The van der Waals surface area contributed by atoms with Crippen LogP contribution in [0, 0.1) is 5.92 Å². The number of ether oxygens (including phenoxy) is 1. The summed E-state index contributed by atoms with van der Waals surface area (Å²) in [5.74, 6) is 0.641. The Morgan fingerprint density at radius 1 is 1.56 bits per heavy atom. The molecule has 1 atom stereocenters. The van der Waals surface area contributed by atoms with Gasteiger partial charge in [-0.15, -0.1) is 0 Å². The fourth-order valence-corrected chi connectivity index (χ4v) is 0.883. The van der Waals surface area contributed by atoms with Crippen LogP contribution in [0.5, 0.6) is 0 Å². The zero-order valence-corrected chi connectivity index (χ0v) is 6.35. The van der Waals surface area contributed by atoms with Gasteiger partial charge in [0.15, 0.2) is 0 Å². The fraction of sp³-hybridized carbons (Fsp3) is 0.750. The smallest absolute Gasteiger partial charge is 0.105 e. The van der Waals surface area contributed by atoms with Gasteiger partial charge in [-0.05, 0) is 32.3 Å². The van der Waals surface area contributed by atoms with E-state index in [0.717, 1.165) is 6.42 Å². The van der Waals surface area contributed by atoms with Crippen LogP contribution in [0.25, 0.3) is 0 Å². The second-order valence-electron chi connectivity index (χ2n) is 3.23. The number of hydrogen-bond acceptors (Lipinski definition) is 1. The van der Waals surface area contributed by atoms with Gasteiger partial charge in [-0.1, -0.05) is 6.92 Å². The topological polar surface area (TPSA) is 9.23 Å². The molecule has 9 heavy (non-hydrogen) atoms. The van der Waals surface area contributed by atoms with E-state index in [9.17, 15) is 0 Å². The van der Waals surface area contributed by atoms with Crippen molar-refractivity contribution in [2.24, 2.45) is 5.92 Å². The predicted octanol–water partition coefficient (Wildman–Crippen LogP) is 2.34. The van der Waals surface area contributed by atoms with Crippen molar-refractivity contribution in [3.63, 3.8) is 0 Å². The molecule has 0 spiro atoms. The molecule has 0 amide bonds. The van der Waals surface area contributed by atoms with Crippen LogP contribution in [-0.2, 0) is 4.74 Å². The molecule has 0 aromatic carbocycles. The van der Waals surface area contributed by atoms with Gasteiger partial charge in [0, 0.05) is 0 Å². The van der Waals surface area contributed by atoms with Crippen LogP contribution in [0.2, 0.25) is 0 Å². The van der Waals surface area contributed by atoms with Crippen molar-refractivity contribution >= 4 is 0 Å². The molecule has 1 unspecified atom stereocenters. The average Bonchev–Trinajstić information content (AvgIpc) is 1.77. The van der Waals surface area contributed by atoms with Gasteiger partial charge in [-0.25, -0.2) is 0 Å². The van der Waals surface area contributed by atoms with Crippen LogP contribution in [0.3, 0.4) is 0 Å². The summed E-state index contributed by atoms with van der Waals surface area (Å²) >= 11 is 0. The molecule has 1 rings (SSSR count). The molecule has 0 radical (unpaired) electrons. The Kier molecular flexibility index (Phi) is 1.52. The lowest BCUT2D eigenvalue weighted by atomic mass is 9.88. The third kappa shape index (κ3) is 1.26. The summed E-state index contributed by atoms with van der Waals surface area (Å²) in [6.45, 7) is 6.46. The molecule has 0 saturated carbocycles. The molecule has 52 valence electrons. The molecule has 0 bridgehead atoms. The van der Waals surface area contributed by atoms with E-state index in [1.165, 1.54) is 0 Å². The summed E-state index contributed by atoms with van der Waals surface area (Å²) in [6, 6.07) is 0. The third-order valence-corrected chi connectivity index (χ3v) is 2.14. The van der Waals surface area contributed by atoms with Gasteiger partial charge in [0.25, 0.3) is 0 Å². The van der Waals surface area contributed by atoms with Gasteiger partial charge >= 0.3 is 0 Å². The van der Waals surface area contributed by atoms with Crippen molar-refractivity contribution in [2.75, 3.05) is 0 Å². The minimum atomic E-state index is 0.0503. The Bertz CT molecular complexity index is 125. The molecule has 1 heterocycles. The predicted molar refractivity (Wildman–Crippen MR) is 38.1 cm³/mol. The van der Waals surface area contributed by atoms with Crippen LogP contribution >= 0.6 is 0 Å². The standard InChI is InChI=1S/C8H14O/c1-7-5-4-6-9-8(7,2)3/h4,6-7H,5H2,1-3H3. The van der Waals surface area contributed by atoms with Crippen LogP contribution < -0.4 is 0 Å². The highest BCUT2D eigenvalue weighted by molar-refractivity contribution is 4.91. The van der Waals surface area contributed by atoms with Crippen molar-refractivity contribution in [1.29, 1.82) is 0 Å². The lowest BCUT2D eigenvalue weighted by Crippen LogP contribution is -2.32. The Balaban J connectivity index is 2.64. The summed E-state index contributed by atoms with van der Waals surface area (Å²) in [4.78, 5) is 0. The Morgan fingerprint density at radius 3 is 2.56 bits per heavy atom. The van der Waals surface area contributed by atoms with E-state index >= 15 is 0 Å². The highest BCUT2D eigenvalue weighted by atomic mass is 16.5. The molecule has 0 N–H and O–H groups in total. The minimum Gasteiger partial charge on any atom is -0.496 e. The lowest BCUT2D eigenvalue weighted by Gasteiger charge is -2.33. The second kappa shape index (κ2) is 2.05. The molecule has 1 nitrogen and oxygen atoms in total. The van der Waals surface area contributed by atoms with Crippen molar-refractivity contribution in [3.05, 3.63) is 12.3 Å². The Labute approximate surface area is 56.7 Å². The summed E-state index contributed by atoms with van der Waals surface area (Å²) in [6.07, 6.45) is 5.03. The minimum absolute atomic E-state index is 0.0503. The number of allylic oxidation sites excluding steroid dienone is 1. The highest BCUT2D eigenvalue weighted by Gasteiger charge is 2.27. The van der Waals surface area contributed by atoms with Gasteiger partial charge in [-0.2, -0.15) is 0 Å². The first-order valence-corrected chi connectivity index (χ1v) is 3.46. The first kappa shape index (κ1) is 6.66. The van der Waals surface area contributed by atoms with Gasteiger partial charge in [-0.3, -0.25) is 0 Å². The molecule has 0 aliphatic carbocycles.